The van der Waals surface area contributed by atoms with Gasteiger partial charge >= 0.3 is 0 Å². The number of nitrogens with one attached hydrogen (secondary N) is 2. The molecule has 0 radical (unpaired) electrons. The molecule has 3 rings (SSSR count). The summed E-state index contributed by atoms with van der Waals surface area (Å²) in [6, 6.07) is 5.83. The van der Waals surface area contributed by atoms with Gasteiger partial charge in [-0.25, -0.2) is 0 Å². The van der Waals surface area contributed by atoms with Gasteiger partial charge in [0.05, 0.1) is 0 Å². The van der Waals surface area contributed by atoms with Crippen LogP contribution in [-0.2, 0) is 0 Å². The summed E-state index contributed by atoms with van der Waals surface area (Å²) < 4.78 is 0. The zero-order valence-electron chi connectivity index (χ0n) is 12.3. The van der Waals surface area contributed by atoms with E-state index in [0.717, 1.165) is 13.1 Å². The van der Waals surface area contributed by atoms with Gasteiger partial charge in [-0.05, 0) is 38.3 Å². The van der Waals surface area contributed by atoms with Crippen molar-refractivity contribution in [3.05, 3.63) is 28.8 Å². The summed E-state index contributed by atoms with van der Waals surface area (Å²) in [5, 5.41) is 7.14. The molecule has 2 N–H and O–H groups in total. The monoisotopic (exact) mass is 259 g/mol. The summed E-state index contributed by atoms with van der Waals surface area (Å²) in [6.07, 6.45) is 1.22. The Hall–Kier alpha value is -1.06. The first-order chi connectivity index (χ1) is 9.15. The molecule has 2 heterocycles. The third kappa shape index (κ3) is 2.49. The minimum Gasteiger partial charge on any atom is -0.382 e. The van der Waals surface area contributed by atoms with E-state index in [1.54, 1.807) is 0 Å². The van der Waals surface area contributed by atoms with Crippen molar-refractivity contribution < 1.29 is 0 Å². The molecule has 0 saturated carbocycles. The number of nitrogens with zero attached hydrogens (tertiary/aromatic N) is 1. The van der Waals surface area contributed by atoms with Crippen molar-refractivity contribution in [1.82, 2.24) is 10.2 Å². The quantitative estimate of drug-likeness (QED) is 0.811. The average Bonchev–Trinajstić information content (AvgIpc) is 2.40. The van der Waals surface area contributed by atoms with Crippen molar-refractivity contribution in [2.24, 2.45) is 0 Å². The Morgan fingerprint density at radius 3 is 2.63 bits per heavy atom. The Kier molecular flexibility index (Phi) is 3.50. The van der Waals surface area contributed by atoms with E-state index in [9.17, 15) is 0 Å². The second-order valence-corrected chi connectivity index (χ2v) is 6.13. The molecule has 104 valence electrons. The lowest BCUT2D eigenvalue weighted by Gasteiger charge is -2.41. The number of hydrogen-bond donors (Lipinski definition) is 2. The Balaban J connectivity index is 1.98. The van der Waals surface area contributed by atoms with Gasteiger partial charge in [-0.3, -0.25) is 4.90 Å². The van der Waals surface area contributed by atoms with Crippen molar-refractivity contribution in [3.8, 4) is 0 Å². The molecule has 2 unspecified atom stereocenters. The highest BCUT2D eigenvalue weighted by atomic mass is 15.2. The molecule has 1 aromatic carbocycles. The van der Waals surface area contributed by atoms with Crippen molar-refractivity contribution in [3.63, 3.8) is 0 Å². The highest BCUT2D eigenvalue weighted by Gasteiger charge is 2.30. The highest BCUT2D eigenvalue weighted by molar-refractivity contribution is 5.62. The molecular formula is C16H25N3. The van der Waals surface area contributed by atoms with Crippen LogP contribution in [0.25, 0.3) is 0 Å². The van der Waals surface area contributed by atoms with Gasteiger partial charge in [0.25, 0.3) is 0 Å². The van der Waals surface area contributed by atoms with Crippen LogP contribution in [0.5, 0.6) is 0 Å². The average molecular weight is 259 g/mol. The lowest BCUT2D eigenvalue weighted by molar-refractivity contribution is 0.159. The SMILES string of the molecule is Cc1cc(C)c2c(c1)C(N1CCNCC1)CC(C)N2. The van der Waals surface area contributed by atoms with Gasteiger partial charge in [-0.15, -0.1) is 0 Å². The summed E-state index contributed by atoms with van der Waals surface area (Å²) in [5.41, 5.74) is 5.67. The highest BCUT2D eigenvalue weighted by Crippen LogP contribution is 2.39. The molecule has 3 heteroatoms. The van der Waals surface area contributed by atoms with E-state index in [1.807, 2.05) is 0 Å². The molecule has 0 spiro atoms. The zero-order valence-corrected chi connectivity index (χ0v) is 12.3. The van der Waals surface area contributed by atoms with E-state index in [0.29, 0.717) is 12.1 Å². The lowest BCUT2D eigenvalue weighted by Crippen LogP contribution is -2.47. The van der Waals surface area contributed by atoms with E-state index in [-0.39, 0.29) is 0 Å². The third-order valence-corrected chi connectivity index (χ3v) is 4.43. The van der Waals surface area contributed by atoms with E-state index < -0.39 is 0 Å². The standard InChI is InChI=1S/C16H25N3/c1-11-8-12(2)16-14(9-11)15(10-13(3)18-16)19-6-4-17-5-7-19/h8-9,13,15,17-18H,4-7,10H2,1-3H3. The van der Waals surface area contributed by atoms with E-state index in [4.69, 9.17) is 0 Å². The van der Waals surface area contributed by atoms with Crippen LogP contribution in [0.3, 0.4) is 0 Å². The number of benzene rings is 1. The van der Waals surface area contributed by atoms with Gasteiger partial charge in [0.1, 0.15) is 0 Å². The number of fused-ring (bicyclic) bond motifs is 1. The molecule has 3 nitrogen and oxygen atoms in total. The fourth-order valence-corrected chi connectivity index (χ4v) is 3.57. The summed E-state index contributed by atoms with van der Waals surface area (Å²) in [7, 11) is 0. The molecule has 0 amide bonds. The molecule has 2 aliphatic rings. The maximum atomic E-state index is 3.68. The van der Waals surface area contributed by atoms with Crippen LogP contribution < -0.4 is 10.6 Å². The number of anilines is 1. The molecule has 0 bridgehead atoms. The fourth-order valence-electron chi connectivity index (χ4n) is 3.57. The summed E-state index contributed by atoms with van der Waals surface area (Å²) in [5.74, 6) is 0. The molecule has 1 aromatic rings. The predicted molar refractivity (Wildman–Crippen MR) is 80.8 cm³/mol. The van der Waals surface area contributed by atoms with E-state index in [2.05, 4.69) is 48.4 Å². The van der Waals surface area contributed by atoms with Crippen LogP contribution in [0.2, 0.25) is 0 Å². The molecule has 2 atom stereocenters. The second-order valence-electron chi connectivity index (χ2n) is 6.13. The zero-order chi connectivity index (χ0) is 13.4. The Morgan fingerprint density at radius 1 is 1.16 bits per heavy atom. The van der Waals surface area contributed by atoms with Gasteiger partial charge in [0, 0.05) is 44.0 Å². The fraction of sp³-hybridized carbons (Fsp3) is 0.625. The van der Waals surface area contributed by atoms with Gasteiger partial charge in [0.2, 0.25) is 0 Å². The van der Waals surface area contributed by atoms with Gasteiger partial charge < -0.3 is 10.6 Å². The van der Waals surface area contributed by atoms with Crippen LogP contribution in [0, 0.1) is 13.8 Å². The number of hydrogen-bond acceptors (Lipinski definition) is 3. The van der Waals surface area contributed by atoms with Crippen molar-refractivity contribution in [2.75, 3.05) is 31.5 Å². The first-order valence-electron chi connectivity index (χ1n) is 7.47. The maximum absolute atomic E-state index is 3.68. The molecule has 0 aromatic heterocycles. The Bertz CT molecular complexity index is 463. The first kappa shape index (κ1) is 12.9. The summed E-state index contributed by atoms with van der Waals surface area (Å²) in [4.78, 5) is 2.66. The van der Waals surface area contributed by atoms with Crippen LogP contribution in [0.15, 0.2) is 12.1 Å². The third-order valence-electron chi connectivity index (χ3n) is 4.43. The van der Waals surface area contributed by atoms with E-state index in [1.165, 1.54) is 41.9 Å². The van der Waals surface area contributed by atoms with Gasteiger partial charge in [-0.2, -0.15) is 0 Å². The number of rotatable bonds is 1. The topological polar surface area (TPSA) is 27.3 Å². The minimum absolute atomic E-state index is 0.564. The molecule has 19 heavy (non-hydrogen) atoms. The van der Waals surface area contributed by atoms with Crippen molar-refractivity contribution >= 4 is 5.69 Å². The van der Waals surface area contributed by atoms with Crippen LogP contribution in [0.1, 0.15) is 36.1 Å². The number of piperazine rings is 1. The molecule has 1 saturated heterocycles. The maximum Gasteiger partial charge on any atom is 0.0420 e. The van der Waals surface area contributed by atoms with Gasteiger partial charge in [-0.1, -0.05) is 17.7 Å². The molecule has 1 fully saturated rings. The van der Waals surface area contributed by atoms with Crippen molar-refractivity contribution in [1.29, 1.82) is 0 Å². The van der Waals surface area contributed by atoms with Crippen LogP contribution in [-0.4, -0.2) is 37.1 Å². The van der Waals surface area contributed by atoms with Crippen LogP contribution in [0.4, 0.5) is 5.69 Å². The minimum atomic E-state index is 0.564. The van der Waals surface area contributed by atoms with Crippen molar-refractivity contribution in [2.45, 2.75) is 39.3 Å². The first-order valence-corrected chi connectivity index (χ1v) is 7.47. The smallest absolute Gasteiger partial charge is 0.0420 e. The summed E-state index contributed by atoms with van der Waals surface area (Å²) in [6.45, 7) is 11.3. The Morgan fingerprint density at radius 2 is 1.89 bits per heavy atom. The second kappa shape index (κ2) is 5.14. The normalized spacial score (nSPS) is 27.7. The lowest BCUT2D eigenvalue weighted by atomic mass is 9.89. The van der Waals surface area contributed by atoms with E-state index >= 15 is 0 Å². The largest absolute Gasteiger partial charge is 0.382 e. The molecule has 0 aliphatic carbocycles. The molecule has 2 aliphatic heterocycles. The molecular weight excluding hydrogens is 234 g/mol. The summed E-state index contributed by atoms with van der Waals surface area (Å²) >= 11 is 0. The Labute approximate surface area is 116 Å². The van der Waals surface area contributed by atoms with Gasteiger partial charge in [0.15, 0.2) is 0 Å². The van der Waals surface area contributed by atoms with Crippen LogP contribution >= 0.6 is 0 Å². The predicted octanol–water partition coefficient (Wildman–Crippen LogP) is 2.45. The number of aryl methyl sites for hydroxylation is 2.